The van der Waals surface area contributed by atoms with Gasteiger partial charge in [-0.15, -0.1) is 11.6 Å². The second-order valence-corrected chi connectivity index (χ2v) is 5.21. The SMILES string of the molecule is CC(C)C(CCCl)NCCN1CCCC1. The van der Waals surface area contributed by atoms with Crippen LogP contribution in [0.3, 0.4) is 0 Å². The Morgan fingerprint density at radius 1 is 1.27 bits per heavy atom. The molecule has 1 rings (SSSR count). The van der Waals surface area contributed by atoms with Gasteiger partial charge in [-0.3, -0.25) is 0 Å². The van der Waals surface area contributed by atoms with E-state index in [9.17, 15) is 0 Å². The van der Waals surface area contributed by atoms with Crippen LogP contribution >= 0.6 is 11.6 Å². The van der Waals surface area contributed by atoms with Crippen molar-refractivity contribution in [2.75, 3.05) is 32.1 Å². The topological polar surface area (TPSA) is 15.3 Å². The van der Waals surface area contributed by atoms with Crippen LogP contribution in [0, 0.1) is 5.92 Å². The van der Waals surface area contributed by atoms with E-state index in [-0.39, 0.29) is 0 Å². The highest BCUT2D eigenvalue weighted by Crippen LogP contribution is 2.08. The number of likely N-dealkylation sites (tertiary alicyclic amines) is 1. The molecule has 1 aliphatic heterocycles. The molecule has 1 N–H and O–H groups in total. The van der Waals surface area contributed by atoms with Gasteiger partial charge in [0.15, 0.2) is 0 Å². The van der Waals surface area contributed by atoms with Crippen molar-refractivity contribution in [2.24, 2.45) is 5.92 Å². The van der Waals surface area contributed by atoms with E-state index in [0.717, 1.165) is 18.8 Å². The molecule has 3 heteroatoms. The van der Waals surface area contributed by atoms with E-state index in [1.807, 2.05) is 0 Å². The number of halogens is 1. The van der Waals surface area contributed by atoms with Gasteiger partial charge in [-0.2, -0.15) is 0 Å². The summed E-state index contributed by atoms with van der Waals surface area (Å²) in [6.07, 6.45) is 3.85. The Labute approximate surface area is 99.4 Å². The molecule has 0 spiro atoms. The molecule has 1 fully saturated rings. The highest BCUT2D eigenvalue weighted by Gasteiger charge is 2.14. The van der Waals surface area contributed by atoms with E-state index in [1.54, 1.807) is 0 Å². The van der Waals surface area contributed by atoms with Gasteiger partial charge in [0.2, 0.25) is 0 Å². The third-order valence-corrected chi connectivity index (χ3v) is 3.48. The average molecular weight is 233 g/mol. The number of hydrogen-bond acceptors (Lipinski definition) is 2. The molecule has 0 bridgehead atoms. The van der Waals surface area contributed by atoms with Crippen LogP contribution in [-0.2, 0) is 0 Å². The van der Waals surface area contributed by atoms with Crippen LogP contribution < -0.4 is 5.32 Å². The summed E-state index contributed by atoms with van der Waals surface area (Å²) in [5, 5.41) is 3.62. The van der Waals surface area contributed by atoms with Crippen LogP contribution in [0.25, 0.3) is 0 Å². The predicted octanol–water partition coefficient (Wildman–Crippen LogP) is 2.33. The quantitative estimate of drug-likeness (QED) is 0.678. The van der Waals surface area contributed by atoms with Crippen LogP contribution in [0.4, 0.5) is 0 Å². The van der Waals surface area contributed by atoms with E-state index in [1.165, 1.54) is 32.5 Å². The molecular formula is C12H25ClN2. The Kier molecular flexibility index (Phi) is 6.62. The van der Waals surface area contributed by atoms with Crippen LogP contribution in [0.1, 0.15) is 33.1 Å². The summed E-state index contributed by atoms with van der Waals surface area (Å²) in [7, 11) is 0. The number of nitrogens with one attached hydrogen (secondary N) is 1. The smallest absolute Gasteiger partial charge is 0.0238 e. The van der Waals surface area contributed by atoms with Gasteiger partial charge in [0.25, 0.3) is 0 Å². The molecule has 15 heavy (non-hydrogen) atoms. The van der Waals surface area contributed by atoms with Crippen molar-refractivity contribution < 1.29 is 0 Å². The number of alkyl halides is 1. The minimum absolute atomic E-state index is 0.588. The first-order valence-corrected chi connectivity index (χ1v) is 6.79. The van der Waals surface area contributed by atoms with E-state index in [2.05, 4.69) is 24.1 Å². The summed E-state index contributed by atoms with van der Waals surface area (Å²) < 4.78 is 0. The molecule has 0 radical (unpaired) electrons. The Morgan fingerprint density at radius 2 is 1.93 bits per heavy atom. The van der Waals surface area contributed by atoms with Gasteiger partial charge < -0.3 is 10.2 Å². The summed E-state index contributed by atoms with van der Waals surface area (Å²) in [5.74, 6) is 1.45. The van der Waals surface area contributed by atoms with Gasteiger partial charge in [-0.25, -0.2) is 0 Å². The summed E-state index contributed by atoms with van der Waals surface area (Å²) in [5.41, 5.74) is 0. The van der Waals surface area contributed by atoms with Crippen LogP contribution in [-0.4, -0.2) is 43.0 Å². The van der Waals surface area contributed by atoms with Crippen molar-refractivity contribution >= 4 is 11.6 Å². The molecule has 0 aliphatic carbocycles. The van der Waals surface area contributed by atoms with Crippen molar-refractivity contribution in [3.8, 4) is 0 Å². The third kappa shape index (κ3) is 5.19. The molecule has 2 nitrogen and oxygen atoms in total. The molecule has 1 atom stereocenters. The maximum Gasteiger partial charge on any atom is 0.0238 e. The van der Waals surface area contributed by atoms with Crippen LogP contribution in [0.2, 0.25) is 0 Å². The van der Waals surface area contributed by atoms with Gasteiger partial charge >= 0.3 is 0 Å². The summed E-state index contributed by atoms with van der Waals surface area (Å²) >= 11 is 5.80. The molecule has 1 aliphatic rings. The molecule has 0 aromatic rings. The lowest BCUT2D eigenvalue weighted by atomic mass is 10.0. The molecule has 0 saturated carbocycles. The van der Waals surface area contributed by atoms with Crippen LogP contribution in [0.5, 0.6) is 0 Å². The monoisotopic (exact) mass is 232 g/mol. The first kappa shape index (κ1) is 13.3. The van der Waals surface area contributed by atoms with Crippen LogP contribution in [0.15, 0.2) is 0 Å². The van der Waals surface area contributed by atoms with Gasteiger partial charge in [0.05, 0.1) is 0 Å². The van der Waals surface area contributed by atoms with Crippen molar-refractivity contribution in [3.05, 3.63) is 0 Å². The number of hydrogen-bond donors (Lipinski definition) is 1. The third-order valence-electron chi connectivity index (χ3n) is 3.26. The lowest BCUT2D eigenvalue weighted by Gasteiger charge is -2.23. The first-order valence-electron chi connectivity index (χ1n) is 6.25. The summed E-state index contributed by atoms with van der Waals surface area (Å²) in [4.78, 5) is 2.55. The average Bonchev–Trinajstić information content (AvgIpc) is 2.69. The molecule has 90 valence electrons. The normalized spacial score (nSPS) is 20.0. The number of rotatable bonds is 7. The first-order chi connectivity index (χ1) is 7.24. The Bertz CT molecular complexity index is 156. The Hall–Kier alpha value is 0.210. The largest absolute Gasteiger partial charge is 0.312 e. The fraction of sp³-hybridized carbons (Fsp3) is 1.00. The highest BCUT2D eigenvalue weighted by atomic mass is 35.5. The molecule has 1 heterocycles. The molecule has 0 aromatic heterocycles. The number of nitrogens with zero attached hydrogens (tertiary/aromatic N) is 1. The molecule has 1 saturated heterocycles. The second kappa shape index (κ2) is 7.48. The van der Waals surface area contributed by atoms with E-state index >= 15 is 0 Å². The zero-order valence-corrected chi connectivity index (χ0v) is 10.9. The Morgan fingerprint density at radius 3 is 2.47 bits per heavy atom. The van der Waals surface area contributed by atoms with E-state index in [4.69, 9.17) is 11.6 Å². The van der Waals surface area contributed by atoms with Gasteiger partial charge in [-0.05, 0) is 38.3 Å². The lowest BCUT2D eigenvalue weighted by molar-refractivity contribution is 0.310. The minimum Gasteiger partial charge on any atom is -0.312 e. The highest BCUT2D eigenvalue weighted by molar-refractivity contribution is 6.17. The molecule has 1 unspecified atom stereocenters. The standard InChI is InChI=1S/C12H25ClN2/c1-11(2)12(5-6-13)14-7-10-15-8-3-4-9-15/h11-12,14H,3-10H2,1-2H3. The Balaban J connectivity index is 2.09. The molecule has 0 aromatic carbocycles. The maximum absolute atomic E-state index is 5.80. The van der Waals surface area contributed by atoms with Crippen molar-refractivity contribution in [2.45, 2.75) is 39.2 Å². The fourth-order valence-electron chi connectivity index (χ4n) is 2.20. The molecular weight excluding hydrogens is 208 g/mol. The minimum atomic E-state index is 0.588. The second-order valence-electron chi connectivity index (χ2n) is 4.83. The fourth-order valence-corrected chi connectivity index (χ4v) is 2.44. The van der Waals surface area contributed by atoms with Crippen molar-refractivity contribution in [1.29, 1.82) is 0 Å². The molecule has 0 amide bonds. The van der Waals surface area contributed by atoms with Gasteiger partial charge in [0.1, 0.15) is 0 Å². The van der Waals surface area contributed by atoms with E-state index in [0.29, 0.717) is 12.0 Å². The van der Waals surface area contributed by atoms with Crippen molar-refractivity contribution in [1.82, 2.24) is 10.2 Å². The summed E-state index contributed by atoms with van der Waals surface area (Å²) in [6.45, 7) is 9.43. The van der Waals surface area contributed by atoms with Gasteiger partial charge in [-0.1, -0.05) is 13.8 Å². The predicted molar refractivity (Wildman–Crippen MR) is 67.6 cm³/mol. The van der Waals surface area contributed by atoms with Gasteiger partial charge in [0, 0.05) is 25.0 Å². The summed E-state index contributed by atoms with van der Waals surface area (Å²) in [6, 6.07) is 0.588. The zero-order chi connectivity index (χ0) is 11.1. The zero-order valence-electron chi connectivity index (χ0n) is 10.1. The van der Waals surface area contributed by atoms with E-state index < -0.39 is 0 Å². The van der Waals surface area contributed by atoms with Crippen molar-refractivity contribution in [3.63, 3.8) is 0 Å². The maximum atomic E-state index is 5.80. The lowest BCUT2D eigenvalue weighted by Crippen LogP contribution is -2.39.